The predicted molar refractivity (Wildman–Crippen MR) is 148 cm³/mol. The molecule has 0 aliphatic rings. The van der Waals surface area contributed by atoms with E-state index >= 15 is 0 Å². The lowest BCUT2D eigenvalue weighted by molar-refractivity contribution is 0.125. The van der Waals surface area contributed by atoms with Crippen molar-refractivity contribution in [1.29, 1.82) is 0 Å². The summed E-state index contributed by atoms with van der Waals surface area (Å²) in [5.74, 6) is 0. The van der Waals surface area contributed by atoms with Gasteiger partial charge in [-0.3, -0.25) is 0 Å². The first kappa shape index (κ1) is 34.1. The Morgan fingerprint density at radius 1 is 0.344 bits per heavy atom. The minimum absolute atomic E-state index is 0.995. The molecule has 0 fully saturated rings. The number of hydrogen-bond donors (Lipinski definition) is 1. The van der Waals surface area contributed by atoms with Gasteiger partial charge in [-0.1, -0.05) is 155 Å². The van der Waals surface area contributed by atoms with Crippen LogP contribution in [0.5, 0.6) is 0 Å². The van der Waals surface area contributed by atoms with E-state index in [0.29, 0.717) is 0 Å². The second kappa shape index (κ2) is 35.5. The Morgan fingerprint density at radius 3 is 0.750 bits per heavy atom. The molecule has 196 valence electrons. The quantitative estimate of drug-likeness (QED) is 0.131. The molecular weight excluding hydrogens is 390 g/mol. The molecule has 0 aromatic rings. The van der Waals surface area contributed by atoms with Gasteiger partial charge in [0.2, 0.25) is 0 Å². The molecule has 0 aromatic heterocycles. The van der Waals surface area contributed by atoms with Crippen molar-refractivity contribution >= 4 is 0 Å². The van der Waals surface area contributed by atoms with Crippen LogP contribution in [-0.2, 0) is 4.74 Å². The summed E-state index contributed by atoms with van der Waals surface area (Å²) in [6, 6.07) is 0. The van der Waals surface area contributed by atoms with Crippen LogP contribution in [0.3, 0.4) is 0 Å². The van der Waals surface area contributed by atoms with Gasteiger partial charge in [0, 0.05) is 13.2 Å². The van der Waals surface area contributed by atoms with Crippen LogP contribution in [0.4, 0.5) is 0 Å². The topological polar surface area (TPSA) is 21.3 Å². The zero-order chi connectivity index (χ0) is 23.8. The highest BCUT2D eigenvalue weighted by Gasteiger charge is 1.96. The fourth-order valence-electron chi connectivity index (χ4n) is 4.19. The van der Waals surface area contributed by atoms with Gasteiger partial charge in [0.05, 0.1) is 0 Å². The number of hydrogen-bond acceptors (Lipinski definition) is 2. The Balaban J connectivity index is 0. The summed E-state index contributed by atoms with van der Waals surface area (Å²) in [6.45, 7) is 6.58. The van der Waals surface area contributed by atoms with E-state index in [4.69, 9.17) is 4.74 Å². The summed E-state index contributed by atoms with van der Waals surface area (Å²) in [5, 5.41) is 2.75. The number of ether oxygens (including phenoxy) is 1. The molecule has 0 aliphatic carbocycles. The molecule has 0 saturated heterocycles. The van der Waals surface area contributed by atoms with Gasteiger partial charge < -0.3 is 10.1 Å². The van der Waals surface area contributed by atoms with Gasteiger partial charge in [0.1, 0.15) is 0 Å². The highest BCUT2D eigenvalue weighted by Crippen LogP contribution is 2.13. The van der Waals surface area contributed by atoms with E-state index in [9.17, 15) is 0 Å². The lowest BCUT2D eigenvalue weighted by Crippen LogP contribution is -1.97. The average Bonchev–Trinajstić information content (AvgIpc) is 2.79. The van der Waals surface area contributed by atoms with Crippen molar-refractivity contribution in [2.45, 2.75) is 168 Å². The molecule has 0 amide bonds. The van der Waals surface area contributed by atoms with E-state index in [1.54, 1.807) is 0 Å². The average molecular weight is 456 g/mol. The van der Waals surface area contributed by atoms with Crippen LogP contribution in [0.1, 0.15) is 168 Å². The fourth-order valence-corrected chi connectivity index (χ4v) is 4.19. The molecule has 2 heteroatoms. The second-order valence-corrected chi connectivity index (χ2v) is 9.89. The molecule has 32 heavy (non-hydrogen) atoms. The maximum atomic E-state index is 5.82. The van der Waals surface area contributed by atoms with E-state index in [0.717, 1.165) is 13.2 Å². The first-order valence-electron chi connectivity index (χ1n) is 15.0. The van der Waals surface area contributed by atoms with Crippen LogP contribution < -0.4 is 5.32 Å². The molecule has 2 nitrogen and oxygen atoms in total. The number of rotatable bonds is 26. The monoisotopic (exact) mass is 456 g/mol. The van der Waals surface area contributed by atoms with E-state index in [1.807, 2.05) is 14.1 Å². The van der Waals surface area contributed by atoms with Crippen LogP contribution in [-0.4, -0.2) is 27.3 Å². The van der Waals surface area contributed by atoms with Gasteiger partial charge in [0.25, 0.3) is 0 Å². The molecule has 1 N–H and O–H groups in total. The molecule has 0 rings (SSSR count). The van der Waals surface area contributed by atoms with Crippen molar-refractivity contribution in [3.05, 3.63) is 0 Å². The van der Waals surface area contributed by atoms with Crippen LogP contribution >= 0.6 is 0 Å². The zero-order valence-corrected chi connectivity index (χ0v) is 23.3. The molecule has 0 bridgehead atoms. The Morgan fingerprint density at radius 2 is 0.531 bits per heavy atom. The van der Waals surface area contributed by atoms with Gasteiger partial charge >= 0.3 is 0 Å². The molecule has 0 atom stereocenters. The largest absolute Gasteiger partial charge is 0.381 e. The summed E-state index contributed by atoms with van der Waals surface area (Å²) in [5.41, 5.74) is 0. The minimum atomic E-state index is 0.995. The van der Waals surface area contributed by atoms with Crippen molar-refractivity contribution in [3.8, 4) is 0 Å². The van der Waals surface area contributed by atoms with Gasteiger partial charge in [-0.2, -0.15) is 0 Å². The molecule has 0 aliphatic heterocycles. The summed E-state index contributed by atoms with van der Waals surface area (Å²) in [4.78, 5) is 0. The first-order chi connectivity index (χ1) is 15.8. The molecule has 0 saturated carbocycles. The van der Waals surface area contributed by atoms with Crippen molar-refractivity contribution in [2.75, 3.05) is 27.3 Å². The first-order valence-corrected chi connectivity index (χ1v) is 15.0. The Bertz CT molecular complexity index is 256. The van der Waals surface area contributed by atoms with Gasteiger partial charge in [-0.05, 0) is 26.9 Å². The van der Waals surface area contributed by atoms with Gasteiger partial charge in [-0.15, -0.1) is 0 Å². The third kappa shape index (κ3) is 37.2. The fraction of sp³-hybridized carbons (Fsp3) is 1.00. The molecular formula is C30H65NO. The third-order valence-corrected chi connectivity index (χ3v) is 6.28. The highest BCUT2D eigenvalue weighted by molar-refractivity contribution is 4.50. The lowest BCUT2D eigenvalue weighted by Gasteiger charge is -2.05. The van der Waals surface area contributed by atoms with Crippen LogP contribution in [0.15, 0.2) is 0 Å². The van der Waals surface area contributed by atoms with Gasteiger partial charge in [-0.25, -0.2) is 0 Å². The maximum Gasteiger partial charge on any atom is 0.0466 e. The lowest BCUT2D eigenvalue weighted by atomic mass is 10.1. The zero-order valence-electron chi connectivity index (χ0n) is 23.3. The molecule has 0 radical (unpaired) electrons. The Hall–Kier alpha value is -0.0800. The standard InChI is InChI=1S/C28H58O.C2H7N/c1-3-5-7-9-11-13-15-17-19-21-23-25-27-29-28-26-24-22-20-18-16-14-12-10-8-6-4-2;1-3-2/h3-28H2,1-2H3;3H,1-2H3. The molecule has 0 heterocycles. The summed E-state index contributed by atoms with van der Waals surface area (Å²) >= 11 is 0. The SMILES string of the molecule is CCCCCCCCCCCCCCOCCCCCCCCCCCCCC.CNC. The summed E-state index contributed by atoms with van der Waals surface area (Å²) < 4.78 is 5.82. The summed E-state index contributed by atoms with van der Waals surface area (Å²) in [6.07, 6.45) is 34.1. The second-order valence-electron chi connectivity index (χ2n) is 9.89. The van der Waals surface area contributed by atoms with Gasteiger partial charge in [0.15, 0.2) is 0 Å². The van der Waals surface area contributed by atoms with Crippen LogP contribution in [0.2, 0.25) is 0 Å². The smallest absolute Gasteiger partial charge is 0.0466 e. The summed E-state index contributed by atoms with van der Waals surface area (Å²) in [7, 11) is 3.75. The third-order valence-electron chi connectivity index (χ3n) is 6.28. The van der Waals surface area contributed by atoms with Crippen molar-refractivity contribution in [1.82, 2.24) is 5.32 Å². The van der Waals surface area contributed by atoms with Crippen LogP contribution in [0, 0.1) is 0 Å². The Kier molecular flexibility index (Phi) is 37.8. The van der Waals surface area contributed by atoms with Crippen molar-refractivity contribution < 1.29 is 4.74 Å². The minimum Gasteiger partial charge on any atom is -0.381 e. The van der Waals surface area contributed by atoms with E-state index in [-0.39, 0.29) is 0 Å². The van der Waals surface area contributed by atoms with Crippen molar-refractivity contribution in [2.24, 2.45) is 0 Å². The Labute approximate surface area is 205 Å². The van der Waals surface area contributed by atoms with E-state index in [2.05, 4.69) is 19.2 Å². The van der Waals surface area contributed by atoms with E-state index in [1.165, 1.54) is 154 Å². The maximum absolute atomic E-state index is 5.82. The normalized spacial score (nSPS) is 10.9. The number of nitrogens with one attached hydrogen (secondary N) is 1. The van der Waals surface area contributed by atoms with Crippen molar-refractivity contribution in [3.63, 3.8) is 0 Å². The van der Waals surface area contributed by atoms with E-state index < -0.39 is 0 Å². The molecule has 0 unspecified atom stereocenters. The number of unbranched alkanes of at least 4 members (excludes halogenated alkanes) is 22. The highest BCUT2D eigenvalue weighted by atomic mass is 16.5. The predicted octanol–water partition coefficient (Wildman–Crippen LogP) is 10.2. The van der Waals surface area contributed by atoms with Crippen LogP contribution in [0.25, 0.3) is 0 Å². The molecule has 0 aromatic carbocycles. The molecule has 0 spiro atoms.